The lowest BCUT2D eigenvalue weighted by molar-refractivity contribution is 0.584. The van der Waals surface area contributed by atoms with Gasteiger partial charge in [0.25, 0.3) is 0 Å². The first-order valence-electron chi connectivity index (χ1n) is 12.2. The van der Waals surface area contributed by atoms with Gasteiger partial charge in [0.2, 0.25) is 0 Å². The van der Waals surface area contributed by atoms with Crippen LogP contribution in [0.25, 0.3) is 38.3 Å². The number of para-hydroxylation sites is 1. The second-order valence-electron chi connectivity index (χ2n) is 9.26. The molecule has 7 rings (SSSR count). The average Bonchev–Trinajstić information content (AvgIpc) is 3.28. The van der Waals surface area contributed by atoms with Gasteiger partial charge >= 0.3 is 0 Å². The van der Waals surface area contributed by atoms with Gasteiger partial charge in [0.15, 0.2) is 0 Å². The third-order valence-electron chi connectivity index (χ3n) is 7.05. The fraction of sp³-hybridized carbons (Fsp3) is 0. The lowest BCUT2D eigenvalue weighted by Crippen LogP contribution is -2.11. The molecule has 0 radical (unpaired) electrons. The number of nitriles is 1. The molecule has 7 aromatic rings. The zero-order valence-corrected chi connectivity index (χ0v) is 20.1. The molecule has 1 aromatic heterocycles. The number of nitrogens with zero attached hydrogens (tertiary/aromatic N) is 3. The molecule has 0 unspecified atom stereocenters. The van der Waals surface area contributed by atoms with E-state index >= 15 is 0 Å². The van der Waals surface area contributed by atoms with Gasteiger partial charge in [-0.15, -0.1) is 0 Å². The molecule has 0 aliphatic carbocycles. The summed E-state index contributed by atoms with van der Waals surface area (Å²) in [5.74, 6) is -1.32. The fourth-order valence-electron chi connectivity index (χ4n) is 5.50. The Kier molecular flexibility index (Phi) is 4.89. The van der Waals surface area contributed by atoms with E-state index in [-0.39, 0.29) is 0 Å². The van der Waals surface area contributed by atoms with Gasteiger partial charge in [0.1, 0.15) is 11.6 Å². The molecule has 0 spiro atoms. The summed E-state index contributed by atoms with van der Waals surface area (Å²) in [5, 5.41) is 13.6. The van der Waals surface area contributed by atoms with Crippen LogP contribution in [0.2, 0.25) is 0 Å². The predicted octanol–water partition coefficient (Wildman–Crippen LogP) is 8.99. The van der Waals surface area contributed by atoms with E-state index in [0.717, 1.165) is 50.0 Å². The van der Waals surface area contributed by atoms with Crippen LogP contribution in [0.3, 0.4) is 0 Å². The molecule has 38 heavy (non-hydrogen) atoms. The van der Waals surface area contributed by atoms with Crippen LogP contribution < -0.4 is 4.90 Å². The minimum Gasteiger partial charge on any atom is -0.310 e. The molecule has 0 saturated carbocycles. The van der Waals surface area contributed by atoms with E-state index in [9.17, 15) is 14.0 Å². The highest BCUT2D eigenvalue weighted by Crippen LogP contribution is 2.45. The number of aromatic nitrogens is 1. The predicted molar refractivity (Wildman–Crippen MR) is 149 cm³/mol. The monoisotopic (exact) mass is 495 g/mol. The maximum Gasteiger partial charge on any atom is 0.128 e. The van der Waals surface area contributed by atoms with Gasteiger partial charge in [-0.1, -0.05) is 42.5 Å². The largest absolute Gasteiger partial charge is 0.310 e. The minimum absolute atomic E-state index is 0.355. The highest BCUT2D eigenvalue weighted by atomic mass is 19.1. The molecule has 6 aromatic carbocycles. The van der Waals surface area contributed by atoms with Crippen molar-refractivity contribution in [3.63, 3.8) is 0 Å². The normalized spacial score (nSPS) is 11.4. The second kappa shape index (κ2) is 8.43. The van der Waals surface area contributed by atoms with Crippen LogP contribution in [0.1, 0.15) is 5.56 Å². The molecule has 0 saturated heterocycles. The van der Waals surface area contributed by atoms with Crippen molar-refractivity contribution in [3.8, 4) is 11.8 Å². The van der Waals surface area contributed by atoms with Crippen molar-refractivity contribution in [2.24, 2.45) is 0 Å². The van der Waals surface area contributed by atoms with Crippen LogP contribution in [-0.2, 0) is 0 Å². The van der Waals surface area contributed by atoms with Crippen LogP contribution in [0.4, 0.5) is 25.8 Å². The van der Waals surface area contributed by atoms with E-state index in [0.29, 0.717) is 16.9 Å². The Morgan fingerprint density at radius 1 is 0.632 bits per heavy atom. The zero-order chi connectivity index (χ0) is 25.8. The van der Waals surface area contributed by atoms with E-state index in [4.69, 9.17) is 0 Å². The van der Waals surface area contributed by atoms with Crippen LogP contribution in [0.15, 0.2) is 115 Å². The summed E-state index contributed by atoms with van der Waals surface area (Å²) in [7, 11) is 0. The Labute approximate surface area is 217 Å². The van der Waals surface area contributed by atoms with Crippen LogP contribution >= 0.6 is 0 Å². The Bertz CT molecular complexity index is 1980. The topological polar surface area (TPSA) is 32.0 Å². The molecule has 5 heteroatoms. The minimum atomic E-state index is -0.660. The number of halogens is 2. The molecule has 1 heterocycles. The molecule has 0 aliphatic rings. The molecule has 0 atom stereocenters. The van der Waals surface area contributed by atoms with Gasteiger partial charge in [0, 0.05) is 33.6 Å². The standard InChI is InChI=1S/C33H19F2N3/c34-23-17-24(35)19-27(18-23)37(26-12-9-21(20-36)10-13-26)29-15-16-31-33-28(29)14-11-22-5-4-8-30(32(22)33)38(31)25-6-2-1-3-7-25/h1-19H. The Balaban J connectivity index is 1.57. The molecule has 0 fully saturated rings. The Morgan fingerprint density at radius 2 is 1.37 bits per heavy atom. The summed E-state index contributed by atoms with van der Waals surface area (Å²) in [6.07, 6.45) is 0. The summed E-state index contributed by atoms with van der Waals surface area (Å²) in [5.41, 5.74) is 5.53. The summed E-state index contributed by atoms with van der Waals surface area (Å²) in [6.45, 7) is 0. The lowest BCUT2D eigenvalue weighted by atomic mass is 10.00. The lowest BCUT2D eigenvalue weighted by Gasteiger charge is -2.27. The van der Waals surface area contributed by atoms with Gasteiger partial charge in [-0.3, -0.25) is 0 Å². The van der Waals surface area contributed by atoms with E-state index in [1.54, 1.807) is 24.3 Å². The van der Waals surface area contributed by atoms with Crippen molar-refractivity contribution in [2.45, 2.75) is 0 Å². The maximum atomic E-state index is 14.5. The van der Waals surface area contributed by atoms with Gasteiger partial charge in [-0.25, -0.2) is 8.78 Å². The molecule has 0 amide bonds. The molecule has 0 N–H and O–H groups in total. The highest BCUT2D eigenvalue weighted by molar-refractivity contribution is 6.26. The van der Waals surface area contributed by atoms with Crippen molar-refractivity contribution in [3.05, 3.63) is 132 Å². The summed E-state index contributed by atoms with van der Waals surface area (Å²) < 4.78 is 31.2. The first-order chi connectivity index (χ1) is 18.6. The molecule has 0 bridgehead atoms. The van der Waals surface area contributed by atoms with Gasteiger partial charge in [-0.2, -0.15) is 5.26 Å². The molecule has 0 aliphatic heterocycles. The summed E-state index contributed by atoms with van der Waals surface area (Å²) >= 11 is 0. The van der Waals surface area contributed by atoms with Gasteiger partial charge in [0.05, 0.1) is 34.0 Å². The number of hydrogen-bond donors (Lipinski definition) is 0. The fourth-order valence-corrected chi connectivity index (χ4v) is 5.50. The van der Waals surface area contributed by atoms with Crippen molar-refractivity contribution < 1.29 is 8.78 Å². The Morgan fingerprint density at radius 3 is 2.11 bits per heavy atom. The number of benzene rings is 6. The first kappa shape index (κ1) is 22.0. The quantitative estimate of drug-likeness (QED) is 0.228. The van der Waals surface area contributed by atoms with E-state index in [2.05, 4.69) is 59.2 Å². The van der Waals surface area contributed by atoms with E-state index in [1.165, 1.54) is 12.1 Å². The maximum absolute atomic E-state index is 14.5. The molecular formula is C33H19F2N3. The first-order valence-corrected chi connectivity index (χ1v) is 12.2. The molecule has 180 valence electrons. The zero-order valence-electron chi connectivity index (χ0n) is 20.1. The summed E-state index contributed by atoms with van der Waals surface area (Å²) in [6, 6.07) is 37.4. The SMILES string of the molecule is N#Cc1ccc(N(c2cc(F)cc(F)c2)c2ccc3c4c2ccc2cccc(c24)n3-c2ccccc2)cc1. The summed E-state index contributed by atoms with van der Waals surface area (Å²) in [4.78, 5) is 1.84. The van der Waals surface area contributed by atoms with Crippen LogP contribution in [-0.4, -0.2) is 4.57 Å². The number of hydrogen-bond acceptors (Lipinski definition) is 2. The third-order valence-corrected chi connectivity index (χ3v) is 7.05. The third kappa shape index (κ3) is 3.31. The van der Waals surface area contributed by atoms with Gasteiger partial charge in [-0.05, 0) is 72.1 Å². The highest BCUT2D eigenvalue weighted by Gasteiger charge is 2.22. The molecular weight excluding hydrogens is 476 g/mol. The van der Waals surface area contributed by atoms with E-state index in [1.807, 2.05) is 29.2 Å². The number of anilines is 3. The van der Waals surface area contributed by atoms with E-state index < -0.39 is 11.6 Å². The van der Waals surface area contributed by atoms with Crippen LogP contribution in [0.5, 0.6) is 0 Å². The average molecular weight is 496 g/mol. The second-order valence-corrected chi connectivity index (χ2v) is 9.26. The smallest absolute Gasteiger partial charge is 0.128 e. The van der Waals surface area contributed by atoms with Crippen molar-refractivity contribution in [2.75, 3.05) is 4.90 Å². The Hall–Kier alpha value is -5.21. The van der Waals surface area contributed by atoms with Crippen LogP contribution in [0, 0.1) is 23.0 Å². The molecule has 3 nitrogen and oxygen atoms in total. The number of rotatable bonds is 4. The van der Waals surface area contributed by atoms with Gasteiger partial charge < -0.3 is 9.47 Å². The van der Waals surface area contributed by atoms with Crippen molar-refractivity contribution >= 4 is 49.6 Å². The van der Waals surface area contributed by atoms with Crippen molar-refractivity contribution in [1.82, 2.24) is 4.57 Å². The van der Waals surface area contributed by atoms with Crippen molar-refractivity contribution in [1.29, 1.82) is 5.26 Å².